The van der Waals surface area contributed by atoms with Crippen LogP contribution in [0.2, 0.25) is 0 Å². The quantitative estimate of drug-likeness (QED) is 0.782. The number of likely N-dealkylation sites (tertiary alicyclic amines) is 2. The van der Waals surface area contributed by atoms with Crippen LogP contribution in [0.4, 0.5) is 0 Å². The number of hydrogen-bond acceptors (Lipinski definition) is 3. The van der Waals surface area contributed by atoms with Gasteiger partial charge in [-0.1, -0.05) is 6.92 Å². The largest absolute Gasteiger partial charge is 0.481 e. The first-order chi connectivity index (χ1) is 8.56. The normalized spacial score (nSPS) is 26.8. The number of carboxylic acids is 1. The molecular weight excluding hydrogens is 232 g/mol. The van der Waals surface area contributed by atoms with Crippen molar-refractivity contribution in [3.8, 4) is 0 Å². The third-order valence-electron chi connectivity index (χ3n) is 3.86. The van der Waals surface area contributed by atoms with Crippen LogP contribution in [0.3, 0.4) is 0 Å². The first-order valence-corrected chi connectivity index (χ1v) is 6.79. The minimum atomic E-state index is -0.849. The van der Waals surface area contributed by atoms with E-state index in [1.807, 2.05) is 0 Å². The third kappa shape index (κ3) is 3.22. The standard InChI is InChI=1S/C13H22N2O3/c1-10(7-14-4-2-3-5-14)8-15-9-11(13(17)18)6-12(15)16/h10-11H,2-9H2,1H3,(H,17,18). The van der Waals surface area contributed by atoms with Crippen molar-refractivity contribution >= 4 is 11.9 Å². The summed E-state index contributed by atoms with van der Waals surface area (Å²) in [5.41, 5.74) is 0. The number of aliphatic carboxylic acids is 1. The van der Waals surface area contributed by atoms with E-state index in [9.17, 15) is 9.59 Å². The molecule has 18 heavy (non-hydrogen) atoms. The lowest BCUT2D eigenvalue weighted by molar-refractivity contribution is -0.141. The molecule has 0 aromatic heterocycles. The maximum absolute atomic E-state index is 11.7. The summed E-state index contributed by atoms with van der Waals surface area (Å²) in [6.45, 7) is 6.56. The first-order valence-electron chi connectivity index (χ1n) is 6.79. The molecule has 5 nitrogen and oxygen atoms in total. The van der Waals surface area contributed by atoms with E-state index < -0.39 is 11.9 Å². The fourth-order valence-electron chi connectivity index (χ4n) is 2.95. The predicted octanol–water partition coefficient (Wildman–Crippen LogP) is 0.651. The minimum Gasteiger partial charge on any atom is -0.481 e. The van der Waals surface area contributed by atoms with Gasteiger partial charge in [0.1, 0.15) is 0 Å². The molecule has 0 aromatic rings. The maximum Gasteiger partial charge on any atom is 0.308 e. The summed E-state index contributed by atoms with van der Waals surface area (Å²) in [6, 6.07) is 0. The molecule has 0 saturated carbocycles. The maximum atomic E-state index is 11.7. The molecule has 2 fully saturated rings. The Morgan fingerprint density at radius 3 is 2.61 bits per heavy atom. The smallest absolute Gasteiger partial charge is 0.308 e. The zero-order valence-corrected chi connectivity index (χ0v) is 11.0. The van der Waals surface area contributed by atoms with Gasteiger partial charge in [-0.25, -0.2) is 0 Å². The number of nitrogens with zero attached hydrogens (tertiary/aromatic N) is 2. The number of rotatable bonds is 5. The van der Waals surface area contributed by atoms with Gasteiger partial charge in [-0.3, -0.25) is 9.59 Å². The lowest BCUT2D eigenvalue weighted by Crippen LogP contribution is -2.35. The Labute approximate surface area is 108 Å². The first kappa shape index (κ1) is 13.3. The molecule has 0 aromatic carbocycles. The van der Waals surface area contributed by atoms with Gasteiger partial charge < -0.3 is 14.9 Å². The van der Waals surface area contributed by atoms with Crippen molar-refractivity contribution in [1.82, 2.24) is 9.80 Å². The van der Waals surface area contributed by atoms with E-state index in [1.54, 1.807) is 4.90 Å². The van der Waals surface area contributed by atoms with Crippen LogP contribution in [0, 0.1) is 11.8 Å². The van der Waals surface area contributed by atoms with Crippen molar-refractivity contribution in [2.24, 2.45) is 11.8 Å². The van der Waals surface area contributed by atoms with E-state index in [0.29, 0.717) is 19.0 Å². The topological polar surface area (TPSA) is 60.9 Å². The second-order valence-corrected chi connectivity index (χ2v) is 5.65. The molecule has 0 radical (unpaired) electrons. The molecule has 1 N–H and O–H groups in total. The highest BCUT2D eigenvalue weighted by atomic mass is 16.4. The molecule has 2 heterocycles. The molecule has 1 amide bonds. The summed E-state index contributed by atoms with van der Waals surface area (Å²) in [6.07, 6.45) is 2.72. The van der Waals surface area contributed by atoms with E-state index in [0.717, 1.165) is 19.6 Å². The Bertz CT molecular complexity index is 326. The molecule has 2 rings (SSSR count). The van der Waals surface area contributed by atoms with E-state index in [-0.39, 0.29) is 12.3 Å². The Morgan fingerprint density at radius 1 is 1.39 bits per heavy atom. The van der Waals surface area contributed by atoms with E-state index in [4.69, 9.17) is 5.11 Å². The molecule has 2 aliphatic rings. The van der Waals surface area contributed by atoms with E-state index in [2.05, 4.69) is 11.8 Å². The molecule has 0 bridgehead atoms. The van der Waals surface area contributed by atoms with Crippen LogP contribution >= 0.6 is 0 Å². The van der Waals surface area contributed by atoms with Crippen molar-refractivity contribution in [2.45, 2.75) is 26.2 Å². The average Bonchev–Trinajstić information content (AvgIpc) is 2.89. The van der Waals surface area contributed by atoms with Crippen molar-refractivity contribution < 1.29 is 14.7 Å². The zero-order valence-electron chi connectivity index (χ0n) is 11.0. The summed E-state index contributed by atoms with van der Waals surface area (Å²) in [5, 5.41) is 8.93. The molecule has 2 atom stereocenters. The third-order valence-corrected chi connectivity index (χ3v) is 3.86. The van der Waals surface area contributed by atoms with Crippen molar-refractivity contribution in [3.05, 3.63) is 0 Å². The molecule has 2 saturated heterocycles. The summed E-state index contributed by atoms with van der Waals surface area (Å²) < 4.78 is 0. The van der Waals surface area contributed by atoms with Gasteiger partial charge in [-0.15, -0.1) is 0 Å². The summed E-state index contributed by atoms with van der Waals surface area (Å²) >= 11 is 0. The van der Waals surface area contributed by atoms with Crippen LogP contribution in [-0.4, -0.2) is 59.5 Å². The number of amides is 1. The Morgan fingerprint density at radius 2 is 2.06 bits per heavy atom. The van der Waals surface area contributed by atoms with Gasteiger partial charge in [0.2, 0.25) is 5.91 Å². The van der Waals surface area contributed by atoms with Gasteiger partial charge in [0, 0.05) is 26.1 Å². The van der Waals surface area contributed by atoms with Gasteiger partial charge >= 0.3 is 5.97 Å². The fraction of sp³-hybridized carbons (Fsp3) is 0.846. The highest BCUT2D eigenvalue weighted by molar-refractivity contribution is 5.86. The van der Waals surface area contributed by atoms with Crippen LogP contribution in [0.15, 0.2) is 0 Å². The average molecular weight is 254 g/mol. The Balaban J connectivity index is 1.78. The van der Waals surface area contributed by atoms with E-state index >= 15 is 0 Å². The SMILES string of the molecule is CC(CN1CCCC1)CN1CC(C(=O)O)CC1=O. The molecule has 102 valence electrons. The van der Waals surface area contributed by atoms with Gasteiger partial charge in [0.25, 0.3) is 0 Å². The fourth-order valence-corrected chi connectivity index (χ4v) is 2.95. The Kier molecular flexibility index (Phi) is 4.22. The molecule has 0 spiro atoms. The molecule has 2 aliphatic heterocycles. The molecule has 0 aliphatic carbocycles. The van der Waals surface area contributed by atoms with Gasteiger partial charge in [0.15, 0.2) is 0 Å². The monoisotopic (exact) mass is 254 g/mol. The molecule has 5 heteroatoms. The van der Waals surface area contributed by atoms with Crippen LogP contribution < -0.4 is 0 Å². The van der Waals surface area contributed by atoms with Crippen molar-refractivity contribution in [2.75, 3.05) is 32.7 Å². The highest BCUT2D eigenvalue weighted by Crippen LogP contribution is 2.20. The summed E-state index contributed by atoms with van der Waals surface area (Å²) in [4.78, 5) is 26.7. The van der Waals surface area contributed by atoms with Crippen molar-refractivity contribution in [1.29, 1.82) is 0 Å². The number of carbonyl (C=O) groups excluding carboxylic acids is 1. The summed E-state index contributed by atoms with van der Waals surface area (Å²) in [5.74, 6) is -0.940. The van der Waals surface area contributed by atoms with Crippen LogP contribution in [0.5, 0.6) is 0 Å². The van der Waals surface area contributed by atoms with Crippen LogP contribution in [0.1, 0.15) is 26.2 Å². The molecular formula is C13H22N2O3. The Hall–Kier alpha value is -1.10. The summed E-state index contributed by atoms with van der Waals surface area (Å²) in [7, 11) is 0. The molecule has 2 unspecified atom stereocenters. The minimum absolute atomic E-state index is 0.00401. The predicted molar refractivity (Wildman–Crippen MR) is 67.2 cm³/mol. The number of carboxylic acid groups (broad SMARTS) is 1. The second kappa shape index (κ2) is 5.69. The number of carbonyl (C=O) groups is 2. The lowest BCUT2D eigenvalue weighted by atomic mass is 10.1. The van der Waals surface area contributed by atoms with E-state index in [1.165, 1.54) is 12.8 Å². The highest BCUT2D eigenvalue weighted by Gasteiger charge is 2.34. The zero-order chi connectivity index (χ0) is 13.1. The number of hydrogen-bond donors (Lipinski definition) is 1. The van der Waals surface area contributed by atoms with Gasteiger partial charge in [-0.2, -0.15) is 0 Å². The van der Waals surface area contributed by atoms with Gasteiger partial charge in [0.05, 0.1) is 5.92 Å². The second-order valence-electron chi connectivity index (χ2n) is 5.65. The van der Waals surface area contributed by atoms with Crippen LogP contribution in [0.25, 0.3) is 0 Å². The lowest BCUT2D eigenvalue weighted by Gasteiger charge is -2.25. The van der Waals surface area contributed by atoms with Crippen molar-refractivity contribution in [3.63, 3.8) is 0 Å². The van der Waals surface area contributed by atoms with Crippen LogP contribution in [-0.2, 0) is 9.59 Å². The van der Waals surface area contributed by atoms with Gasteiger partial charge in [-0.05, 0) is 31.8 Å².